The fourth-order valence-corrected chi connectivity index (χ4v) is 1.70. The highest BCUT2D eigenvalue weighted by atomic mass is 16.3. The van der Waals surface area contributed by atoms with E-state index in [9.17, 15) is 5.11 Å². The number of imidazole rings is 1. The molecule has 0 radical (unpaired) electrons. The van der Waals surface area contributed by atoms with Gasteiger partial charge in [-0.3, -0.25) is 0 Å². The summed E-state index contributed by atoms with van der Waals surface area (Å²) in [6, 6.07) is 3.56. The van der Waals surface area contributed by atoms with Gasteiger partial charge in [-0.1, -0.05) is 6.07 Å². The molecule has 86 valence electrons. The first-order valence-electron chi connectivity index (χ1n) is 5.18. The van der Waals surface area contributed by atoms with Crippen LogP contribution in [0.5, 0.6) is 5.75 Å². The topological polar surface area (TPSA) is 78.2 Å². The van der Waals surface area contributed by atoms with Gasteiger partial charge < -0.3 is 20.7 Å². The highest BCUT2D eigenvalue weighted by Crippen LogP contribution is 2.26. The van der Waals surface area contributed by atoms with E-state index in [0.717, 1.165) is 24.0 Å². The zero-order chi connectivity index (χ0) is 11.7. The van der Waals surface area contributed by atoms with Gasteiger partial charge >= 0.3 is 0 Å². The Bertz CT molecular complexity index is 504. The molecule has 0 aliphatic carbocycles. The number of phenolic OH excluding ortho intramolecular Hbond substituents is 1. The van der Waals surface area contributed by atoms with Gasteiger partial charge in [0.05, 0.1) is 5.52 Å². The lowest BCUT2D eigenvalue weighted by molar-refractivity contribution is 0.414. The molecule has 0 aliphatic heterocycles. The molecule has 1 aromatic carbocycles. The number of nitrogen functional groups attached to an aromatic ring is 1. The van der Waals surface area contributed by atoms with Crippen LogP contribution in [0, 0.1) is 0 Å². The van der Waals surface area contributed by atoms with E-state index in [-0.39, 0.29) is 5.75 Å². The van der Waals surface area contributed by atoms with E-state index < -0.39 is 0 Å². The molecule has 2 aromatic rings. The Labute approximate surface area is 93.9 Å². The first-order chi connectivity index (χ1) is 7.58. The number of likely N-dealkylation sites (N-methyl/N-ethyl adjacent to an activating group) is 1. The number of H-pyrrole nitrogens is 1. The minimum Gasteiger partial charge on any atom is -0.506 e. The minimum atomic E-state index is 0.188. The van der Waals surface area contributed by atoms with Crippen molar-refractivity contribution in [3.63, 3.8) is 0 Å². The minimum absolute atomic E-state index is 0.188. The molecule has 0 amide bonds. The standard InChI is InChI=1S/C11H16N4O/c1-15(2)6-5-7-3-4-8(16)10-9(7)13-11(12)14-10/h3-4,16H,5-6H2,1-2H3,(H3,12,13,14). The molecule has 1 heterocycles. The molecular formula is C11H16N4O. The Morgan fingerprint density at radius 2 is 2.19 bits per heavy atom. The van der Waals surface area contributed by atoms with Crippen LogP contribution in [-0.2, 0) is 6.42 Å². The van der Waals surface area contributed by atoms with Crippen molar-refractivity contribution in [3.05, 3.63) is 17.7 Å². The van der Waals surface area contributed by atoms with E-state index >= 15 is 0 Å². The Morgan fingerprint density at radius 1 is 1.44 bits per heavy atom. The molecule has 5 heteroatoms. The molecule has 0 saturated carbocycles. The van der Waals surface area contributed by atoms with Crippen molar-refractivity contribution < 1.29 is 5.11 Å². The van der Waals surface area contributed by atoms with Crippen LogP contribution in [0.25, 0.3) is 11.0 Å². The van der Waals surface area contributed by atoms with Gasteiger partial charge in [0.15, 0.2) is 5.95 Å². The number of aromatic amines is 1. The average Bonchev–Trinajstić information content (AvgIpc) is 2.59. The maximum Gasteiger partial charge on any atom is 0.198 e. The third-order valence-electron chi connectivity index (χ3n) is 2.55. The smallest absolute Gasteiger partial charge is 0.198 e. The van der Waals surface area contributed by atoms with E-state index in [2.05, 4.69) is 14.9 Å². The first kappa shape index (κ1) is 10.8. The zero-order valence-corrected chi connectivity index (χ0v) is 9.49. The van der Waals surface area contributed by atoms with E-state index in [1.165, 1.54) is 0 Å². The number of benzene rings is 1. The maximum atomic E-state index is 9.65. The second-order valence-electron chi connectivity index (χ2n) is 4.14. The number of nitrogens with one attached hydrogen (secondary N) is 1. The van der Waals surface area contributed by atoms with Gasteiger partial charge in [-0.25, -0.2) is 4.98 Å². The maximum absolute atomic E-state index is 9.65. The van der Waals surface area contributed by atoms with Crippen molar-refractivity contribution >= 4 is 17.0 Å². The number of aromatic nitrogens is 2. The Balaban J connectivity index is 2.41. The van der Waals surface area contributed by atoms with Crippen LogP contribution >= 0.6 is 0 Å². The summed E-state index contributed by atoms with van der Waals surface area (Å²) in [6.45, 7) is 0.937. The predicted octanol–water partition coefficient (Wildman–Crippen LogP) is 0.955. The van der Waals surface area contributed by atoms with Crippen molar-refractivity contribution in [2.45, 2.75) is 6.42 Å². The number of phenols is 1. The third kappa shape index (κ3) is 1.94. The van der Waals surface area contributed by atoms with Crippen LogP contribution in [0.2, 0.25) is 0 Å². The van der Waals surface area contributed by atoms with Gasteiger partial charge in [-0.15, -0.1) is 0 Å². The fraction of sp³-hybridized carbons (Fsp3) is 0.364. The SMILES string of the molecule is CN(C)CCc1ccc(O)c2[nH]c(N)nc12. The van der Waals surface area contributed by atoms with Crippen LogP contribution in [0.1, 0.15) is 5.56 Å². The molecule has 0 atom stereocenters. The lowest BCUT2D eigenvalue weighted by Crippen LogP contribution is -2.15. The number of fused-ring (bicyclic) bond motifs is 1. The fourth-order valence-electron chi connectivity index (χ4n) is 1.70. The predicted molar refractivity (Wildman–Crippen MR) is 64.4 cm³/mol. The molecule has 5 nitrogen and oxygen atoms in total. The molecule has 0 spiro atoms. The van der Waals surface area contributed by atoms with Gasteiger partial charge in [0.25, 0.3) is 0 Å². The van der Waals surface area contributed by atoms with Crippen LogP contribution in [0.4, 0.5) is 5.95 Å². The summed E-state index contributed by atoms with van der Waals surface area (Å²) in [4.78, 5) is 9.16. The summed E-state index contributed by atoms with van der Waals surface area (Å²) in [5.41, 5.74) is 8.07. The molecule has 0 saturated heterocycles. The van der Waals surface area contributed by atoms with Crippen molar-refractivity contribution in [3.8, 4) is 5.75 Å². The summed E-state index contributed by atoms with van der Waals surface area (Å²) in [5, 5.41) is 9.65. The Kier molecular flexibility index (Phi) is 2.70. The molecule has 0 bridgehead atoms. The van der Waals surface area contributed by atoms with Crippen molar-refractivity contribution in [2.24, 2.45) is 0 Å². The number of hydrogen-bond acceptors (Lipinski definition) is 4. The van der Waals surface area contributed by atoms with Crippen LogP contribution < -0.4 is 5.73 Å². The Hall–Kier alpha value is -1.75. The van der Waals surface area contributed by atoms with E-state index in [4.69, 9.17) is 5.73 Å². The summed E-state index contributed by atoms with van der Waals surface area (Å²) < 4.78 is 0. The number of rotatable bonds is 3. The lowest BCUT2D eigenvalue weighted by atomic mass is 10.1. The lowest BCUT2D eigenvalue weighted by Gasteiger charge is -2.09. The molecule has 0 unspecified atom stereocenters. The summed E-state index contributed by atoms with van der Waals surface area (Å²) in [6.07, 6.45) is 0.883. The van der Waals surface area contributed by atoms with Crippen LogP contribution in [0.3, 0.4) is 0 Å². The highest BCUT2D eigenvalue weighted by Gasteiger charge is 2.09. The molecule has 4 N–H and O–H groups in total. The highest BCUT2D eigenvalue weighted by molar-refractivity contribution is 5.86. The third-order valence-corrected chi connectivity index (χ3v) is 2.55. The molecule has 0 aliphatic rings. The molecular weight excluding hydrogens is 204 g/mol. The largest absolute Gasteiger partial charge is 0.506 e. The number of nitrogens with zero attached hydrogens (tertiary/aromatic N) is 2. The summed E-state index contributed by atoms with van der Waals surface area (Å²) >= 11 is 0. The van der Waals surface area contributed by atoms with Gasteiger partial charge in [-0.05, 0) is 32.1 Å². The normalized spacial score (nSPS) is 11.4. The Morgan fingerprint density at radius 3 is 2.88 bits per heavy atom. The molecule has 2 rings (SSSR count). The van der Waals surface area contributed by atoms with E-state index in [1.807, 2.05) is 20.2 Å². The number of anilines is 1. The summed E-state index contributed by atoms with van der Waals surface area (Å²) in [5.74, 6) is 0.524. The van der Waals surface area contributed by atoms with Crippen molar-refractivity contribution in [2.75, 3.05) is 26.4 Å². The number of hydrogen-bond donors (Lipinski definition) is 3. The summed E-state index contributed by atoms with van der Waals surface area (Å²) in [7, 11) is 4.05. The van der Waals surface area contributed by atoms with E-state index in [1.54, 1.807) is 6.07 Å². The molecule has 16 heavy (non-hydrogen) atoms. The quantitative estimate of drug-likeness (QED) is 0.719. The van der Waals surface area contributed by atoms with Gasteiger partial charge in [-0.2, -0.15) is 0 Å². The van der Waals surface area contributed by atoms with Gasteiger partial charge in [0, 0.05) is 6.54 Å². The zero-order valence-electron chi connectivity index (χ0n) is 9.49. The van der Waals surface area contributed by atoms with Crippen LogP contribution in [-0.4, -0.2) is 40.6 Å². The van der Waals surface area contributed by atoms with Crippen molar-refractivity contribution in [1.82, 2.24) is 14.9 Å². The average molecular weight is 220 g/mol. The monoisotopic (exact) mass is 220 g/mol. The second-order valence-corrected chi connectivity index (χ2v) is 4.14. The van der Waals surface area contributed by atoms with Crippen molar-refractivity contribution in [1.29, 1.82) is 0 Å². The number of nitrogens with two attached hydrogens (primary N) is 1. The van der Waals surface area contributed by atoms with E-state index in [0.29, 0.717) is 11.5 Å². The molecule has 1 aromatic heterocycles. The first-order valence-corrected chi connectivity index (χ1v) is 5.18. The second kappa shape index (κ2) is 4.02. The van der Waals surface area contributed by atoms with Gasteiger partial charge in [0.2, 0.25) is 0 Å². The van der Waals surface area contributed by atoms with Gasteiger partial charge in [0.1, 0.15) is 11.3 Å². The number of aromatic hydroxyl groups is 1. The van der Waals surface area contributed by atoms with Crippen LogP contribution in [0.15, 0.2) is 12.1 Å². The molecule has 0 fully saturated rings.